The van der Waals surface area contributed by atoms with Gasteiger partial charge in [-0.25, -0.2) is 0 Å². The number of nitrogens with two attached hydrogens (primary N) is 2. The molecule has 0 bridgehead atoms. The molecule has 0 fully saturated rings. The Morgan fingerprint density at radius 3 is 2.00 bits per heavy atom. The van der Waals surface area contributed by atoms with Crippen LogP contribution in [-0.2, 0) is 13.3 Å². The number of hydrogen-bond donors (Lipinski definition) is 2. The minimum atomic E-state index is -2.62. The first-order valence-electron chi connectivity index (χ1n) is 6.42. The number of hydrogen-bond acceptors (Lipinski definition) is 5. The molecule has 104 valence electrons. The molecule has 0 aliphatic heterocycles. The molecule has 0 amide bonds. The molecule has 0 aliphatic rings. The van der Waals surface area contributed by atoms with Crippen LogP contribution in [0.1, 0.15) is 40.5 Å². The quantitative estimate of drug-likeness (QED) is 0.461. The minimum Gasteiger partial charge on any atom is -0.374 e. The van der Waals surface area contributed by atoms with Gasteiger partial charge >= 0.3 is 8.80 Å². The Labute approximate surface area is 106 Å². The zero-order chi connectivity index (χ0) is 13.4. The van der Waals surface area contributed by atoms with E-state index in [4.69, 9.17) is 24.7 Å². The van der Waals surface area contributed by atoms with E-state index in [0.717, 1.165) is 12.5 Å². The molecule has 1 atom stereocenters. The normalized spacial score (nSPS) is 15.9. The summed E-state index contributed by atoms with van der Waals surface area (Å²) < 4.78 is 17.4. The summed E-state index contributed by atoms with van der Waals surface area (Å²) in [5.41, 5.74) is 10.9. The first-order chi connectivity index (χ1) is 7.95. The molecule has 0 aromatic rings. The van der Waals surface area contributed by atoms with Gasteiger partial charge in [-0.1, -0.05) is 6.92 Å². The molecule has 1 unspecified atom stereocenters. The molecule has 0 saturated carbocycles. The Hall–Kier alpha value is 0.0169. The lowest BCUT2D eigenvalue weighted by molar-refractivity contribution is -0.0212. The second-order valence-corrected chi connectivity index (χ2v) is 7.06. The molecule has 0 rings (SSSR count). The third kappa shape index (κ3) is 6.49. The van der Waals surface area contributed by atoms with Crippen LogP contribution in [0.2, 0.25) is 6.04 Å². The Balaban J connectivity index is 4.58. The van der Waals surface area contributed by atoms with Gasteiger partial charge in [0.1, 0.15) is 5.72 Å². The SMILES string of the molecule is CCO[Si](CC)(OCC)OC(C)(N)CCCN. The monoisotopic (exact) mass is 264 g/mol. The van der Waals surface area contributed by atoms with E-state index in [1.54, 1.807) is 0 Å². The van der Waals surface area contributed by atoms with Gasteiger partial charge in [0, 0.05) is 19.3 Å². The standard InChI is InChI=1S/C11H28N2O3Si/c1-5-14-17(7-3,15-6-2)16-11(4,13)9-8-10-12/h5-10,12-13H2,1-4H3. The van der Waals surface area contributed by atoms with E-state index in [9.17, 15) is 0 Å². The van der Waals surface area contributed by atoms with E-state index in [1.165, 1.54) is 0 Å². The molecule has 5 nitrogen and oxygen atoms in total. The van der Waals surface area contributed by atoms with E-state index in [1.807, 2.05) is 27.7 Å². The molecular weight excluding hydrogens is 236 g/mol. The highest BCUT2D eigenvalue weighted by molar-refractivity contribution is 6.60. The molecule has 0 aliphatic carbocycles. The lowest BCUT2D eigenvalue weighted by atomic mass is 10.1. The summed E-state index contributed by atoms with van der Waals surface area (Å²) in [5, 5.41) is 0. The van der Waals surface area contributed by atoms with Crippen molar-refractivity contribution in [1.82, 2.24) is 0 Å². The van der Waals surface area contributed by atoms with Crippen LogP contribution in [0, 0.1) is 0 Å². The molecule has 0 aromatic carbocycles. The van der Waals surface area contributed by atoms with Crippen LogP contribution in [0.5, 0.6) is 0 Å². The van der Waals surface area contributed by atoms with Crippen molar-refractivity contribution in [3.05, 3.63) is 0 Å². The summed E-state index contributed by atoms with van der Waals surface area (Å²) in [4.78, 5) is 0. The Morgan fingerprint density at radius 1 is 1.12 bits per heavy atom. The van der Waals surface area contributed by atoms with Gasteiger partial charge in [0.25, 0.3) is 0 Å². The maximum atomic E-state index is 6.12. The van der Waals surface area contributed by atoms with Crippen molar-refractivity contribution in [2.24, 2.45) is 11.5 Å². The molecule has 0 aromatic heterocycles. The number of rotatable bonds is 10. The van der Waals surface area contributed by atoms with Crippen molar-refractivity contribution in [3.8, 4) is 0 Å². The third-order valence-corrected chi connectivity index (χ3v) is 5.53. The average Bonchev–Trinajstić information content (AvgIpc) is 2.26. The maximum absolute atomic E-state index is 6.12. The molecule has 17 heavy (non-hydrogen) atoms. The van der Waals surface area contributed by atoms with E-state index < -0.39 is 14.5 Å². The molecule has 0 heterocycles. The Morgan fingerprint density at radius 2 is 1.65 bits per heavy atom. The van der Waals surface area contributed by atoms with Crippen LogP contribution >= 0.6 is 0 Å². The zero-order valence-electron chi connectivity index (χ0n) is 11.6. The first kappa shape index (κ1) is 17.0. The van der Waals surface area contributed by atoms with Gasteiger partial charge in [-0.15, -0.1) is 0 Å². The summed E-state index contributed by atoms with van der Waals surface area (Å²) in [5.74, 6) is 0. The van der Waals surface area contributed by atoms with Crippen LogP contribution in [0.4, 0.5) is 0 Å². The van der Waals surface area contributed by atoms with E-state index in [2.05, 4.69) is 0 Å². The summed E-state index contributed by atoms with van der Waals surface area (Å²) >= 11 is 0. The van der Waals surface area contributed by atoms with E-state index in [0.29, 0.717) is 26.2 Å². The van der Waals surface area contributed by atoms with Crippen LogP contribution in [0.3, 0.4) is 0 Å². The van der Waals surface area contributed by atoms with Gasteiger partial charge in [0.05, 0.1) is 0 Å². The zero-order valence-corrected chi connectivity index (χ0v) is 12.6. The van der Waals surface area contributed by atoms with Gasteiger partial charge < -0.3 is 24.7 Å². The Bertz CT molecular complexity index is 197. The van der Waals surface area contributed by atoms with Crippen molar-refractivity contribution in [2.45, 2.75) is 52.3 Å². The van der Waals surface area contributed by atoms with Crippen LogP contribution in [0.25, 0.3) is 0 Å². The lowest BCUT2D eigenvalue weighted by Gasteiger charge is -2.36. The van der Waals surface area contributed by atoms with Gasteiger partial charge in [0.15, 0.2) is 0 Å². The third-order valence-electron chi connectivity index (χ3n) is 2.43. The van der Waals surface area contributed by atoms with Crippen LogP contribution in [-0.4, -0.2) is 34.3 Å². The fraction of sp³-hybridized carbons (Fsp3) is 1.00. The van der Waals surface area contributed by atoms with Crippen molar-refractivity contribution >= 4 is 8.80 Å². The van der Waals surface area contributed by atoms with Gasteiger partial charge in [-0.05, 0) is 40.2 Å². The predicted octanol–water partition coefficient (Wildman–Crippen LogP) is 1.45. The first-order valence-corrected chi connectivity index (χ1v) is 8.35. The van der Waals surface area contributed by atoms with Crippen molar-refractivity contribution < 1.29 is 13.3 Å². The second kappa shape index (κ2) is 8.18. The summed E-state index contributed by atoms with van der Waals surface area (Å²) in [6, 6.07) is 0.726. The minimum absolute atomic E-state index is 0.576. The Kier molecular flexibility index (Phi) is 8.19. The predicted molar refractivity (Wildman–Crippen MR) is 71.5 cm³/mol. The van der Waals surface area contributed by atoms with Crippen LogP contribution < -0.4 is 11.5 Å². The van der Waals surface area contributed by atoms with Crippen molar-refractivity contribution in [1.29, 1.82) is 0 Å². The molecule has 4 N–H and O–H groups in total. The van der Waals surface area contributed by atoms with Crippen LogP contribution in [0.15, 0.2) is 0 Å². The molecule has 0 radical (unpaired) electrons. The van der Waals surface area contributed by atoms with Crippen molar-refractivity contribution in [3.63, 3.8) is 0 Å². The molecule has 6 heteroatoms. The smallest absolute Gasteiger partial charge is 0.374 e. The van der Waals surface area contributed by atoms with Gasteiger partial charge in [0.2, 0.25) is 0 Å². The summed E-state index contributed by atoms with van der Waals surface area (Å²) in [6.45, 7) is 9.51. The van der Waals surface area contributed by atoms with Crippen molar-refractivity contribution in [2.75, 3.05) is 19.8 Å². The highest BCUT2D eigenvalue weighted by Crippen LogP contribution is 2.23. The molecule has 0 saturated heterocycles. The van der Waals surface area contributed by atoms with Gasteiger partial charge in [-0.2, -0.15) is 0 Å². The lowest BCUT2D eigenvalue weighted by Crippen LogP contribution is -2.55. The summed E-state index contributed by atoms with van der Waals surface area (Å²) in [6.07, 6.45) is 1.54. The van der Waals surface area contributed by atoms with Gasteiger partial charge in [-0.3, -0.25) is 0 Å². The average molecular weight is 264 g/mol. The second-order valence-electron chi connectivity index (χ2n) is 4.21. The van der Waals surface area contributed by atoms with E-state index in [-0.39, 0.29) is 0 Å². The molecular formula is C11H28N2O3Si. The topological polar surface area (TPSA) is 79.7 Å². The maximum Gasteiger partial charge on any atom is 0.502 e. The summed E-state index contributed by atoms with van der Waals surface area (Å²) in [7, 11) is -2.62. The largest absolute Gasteiger partial charge is 0.502 e. The molecule has 0 spiro atoms. The fourth-order valence-corrected chi connectivity index (χ4v) is 4.12. The highest BCUT2D eigenvalue weighted by atomic mass is 28.4. The van der Waals surface area contributed by atoms with E-state index >= 15 is 0 Å². The highest BCUT2D eigenvalue weighted by Gasteiger charge is 2.43. The fourth-order valence-electron chi connectivity index (χ4n) is 1.68.